The standard InChI is InChI=1S/C22H34F2N6.HI/c1-8-25-22(29(6)13-16-14-30(7)27-21(16)15(2)3)26-12-19(28(4)5)20-17(23)10-9-11-18(20)24;/h9-11,14-15,19H,8,12-13H2,1-7H3,(H,25,26);1H. The van der Waals surface area contributed by atoms with Gasteiger partial charge in [-0.1, -0.05) is 19.9 Å². The Morgan fingerprint density at radius 1 is 1.19 bits per heavy atom. The number of likely N-dealkylation sites (N-methyl/N-ethyl adjacent to an activating group) is 1. The molecule has 31 heavy (non-hydrogen) atoms. The summed E-state index contributed by atoms with van der Waals surface area (Å²) in [6, 6.07) is 3.43. The molecule has 0 saturated carbocycles. The molecule has 0 aliphatic carbocycles. The summed E-state index contributed by atoms with van der Waals surface area (Å²) in [5, 5.41) is 7.84. The van der Waals surface area contributed by atoms with Crippen LogP contribution in [0.2, 0.25) is 0 Å². The van der Waals surface area contributed by atoms with Crippen LogP contribution in [0.4, 0.5) is 8.78 Å². The molecule has 0 saturated heterocycles. The van der Waals surface area contributed by atoms with Gasteiger partial charge in [-0.3, -0.25) is 9.67 Å². The number of hydrogen-bond donors (Lipinski definition) is 1. The Kier molecular flexibility index (Phi) is 10.9. The first-order valence-electron chi connectivity index (χ1n) is 10.3. The van der Waals surface area contributed by atoms with Gasteiger partial charge in [-0.05, 0) is 39.1 Å². The second-order valence-electron chi connectivity index (χ2n) is 8.03. The summed E-state index contributed by atoms with van der Waals surface area (Å²) in [5.41, 5.74) is 2.23. The Labute approximate surface area is 201 Å². The highest BCUT2D eigenvalue weighted by atomic mass is 127. The molecular weight excluding hydrogens is 513 g/mol. The fourth-order valence-electron chi connectivity index (χ4n) is 3.48. The van der Waals surface area contributed by atoms with Gasteiger partial charge < -0.3 is 15.1 Å². The van der Waals surface area contributed by atoms with Gasteiger partial charge in [0.2, 0.25) is 0 Å². The van der Waals surface area contributed by atoms with Gasteiger partial charge in [0.25, 0.3) is 0 Å². The van der Waals surface area contributed by atoms with Gasteiger partial charge in [0.05, 0.1) is 18.3 Å². The lowest BCUT2D eigenvalue weighted by molar-refractivity contribution is 0.289. The molecule has 0 aliphatic rings. The molecule has 2 rings (SSSR count). The van der Waals surface area contributed by atoms with Gasteiger partial charge in [-0.2, -0.15) is 5.10 Å². The Morgan fingerprint density at radius 3 is 2.32 bits per heavy atom. The summed E-state index contributed by atoms with van der Waals surface area (Å²) in [7, 11) is 7.47. The molecule has 0 bridgehead atoms. The molecule has 0 spiro atoms. The summed E-state index contributed by atoms with van der Waals surface area (Å²) >= 11 is 0. The Bertz CT molecular complexity index is 845. The van der Waals surface area contributed by atoms with Gasteiger partial charge in [0.15, 0.2) is 5.96 Å². The van der Waals surface area contributed by atoms with E-state index in [-0.39, 0.29) is 36.1 Å². The predicted octanol–water partition coefficient (Wildman–Crippen LogP) is 4.14. The molecule has 9 heteroatoms. The van der Waals surface area contributed by atoms with Gasteiger partial charge in [-0.25, -0.2) is 8.78 Å². The summed E-state index contributed by atoms with van der Waals surface area (Å²) in [4.78, 5) is 8.50. The molecule has 2 aromatic rings. The number of hydrogen-bond acceptors (Lipinski definition) is 3. The van der Waals surface area contributed by atoms with Crippen LogP contribution in [-0.4, -0.2) is 59.8 Å². The first kappa shape index (κ1) is 27.3. The number of nitrogens with one attached hydrogen (secondary N) is 1. The predicted molar refractivity (Wildman–Crippen MR) is 133 cm³/mol. The van der Waals surface area contributed by atoms with Crippen molar-refractivity contribution in [3.63, 3.8) is 0 Å². The van der Waals surface area contributed by atoms with Crippen LogP contribution in [0.1, 0.15) is 49.6 Å². The van der Waals surface area contributed by atoms with Crippen molar-refractivity contribution >= 4 is 29.9 Å². The van der Waals surface area contributed by atoms with E-state index in [1.807, 2.05) is 36.8 Å². The number of aliphatic imine (C=N–C) groups is 1. The van der Waals surface area contributed by atoms with Crippen LogP contribution in [0, 0.1) is 11.6 Å². The Morgan fingerprint density at radius 2 is 1.81 bits per heavy atom. The van der Waals surface area contributed by atoms with Crippen molar-refractivity contribution in [3.8, 4) is 0 Å². The maximum atomic E-state index is 14.4. The highest BCUT2D eigenvalue weighted by Crippen LogP contribution is 2.25. The van der Waals surface area contributed by atoms with E-state index in [1.165, 1.54) is 18.2 Å². The lowest BCUT2D eigenvalue weighted by atomic mass is 10.0. The van der Waals surface area contributed by atoms with Gasteiger partial charge in [0.1, 0.15) is 11.6 Å². The maximum Gasteiger partial charge on any atom is 0.194 e. The molecule has 1 aromatic heterocycles. The third-order valence-electron chi connectivity index (χ3n) is 4.96. The van der Waals surface area contributed by atoms with Crippen molar-refractivity contribution in [1.29, 1.82) is 0 Å². The van der Waals surface area contributed by atoms with Crippen molar-refractivity contribution in [2.75, 3.05) is 34.2 Å². The van der Waals surface area contributed by atoms with Crippen molar-refractivity contribution in [3.05, 3.63) is 52.9 Å². The molecule has 1 N–H and O–H groups in total. The average Bonchev–Trinajstić information content (AvgIpc) is 3.03. The molecule has 174 valence electrons. The first-order valence-corrected chi connectivity index (χ1v) is 10.3. The molecule has 0 fully saturated rings. The zero-order chi connectivity index (χ0) is 22.4. The monoisotopic (exact) mass is 548 g/mol. The zero-order valence-corrected chi connectivity index (χ0v) is 21.8. The maximum absolute atomic E-state index is 14.4. The van der Waals surface area contributed by atoms with Gasteiger partial charge in [-0.15, -0.1) is 24.0 Å². The van der Waals surface area contributed by atoms with Crippen LogP contribution < -0.4 is 5.32 Å². The van der Waals surface area contributed by atoms with Crippen LogP contribution in [-0.2, 0) is 13.6 Å². The minimum Gasteiger partial charge on any atom is -0.357 e. The highest BCUT2D eigenvalue weighted by Gasteiger charge is 2.23. The van der Waals surface area contributed by atoms with E-state index < -0.39 is 17.7 Å². The van der Waals surface area contributed by atoms with Crippen molar-refractivity contribution in [2.24, 2.45) is 12.0 Å². The SMILES string of the molecule is CCNC(=NCC(c1c(F)cccc1F)N(C)C)N(C)Cc1cn(C)nc1C(C)C.I. The van der Waals surface area contributed by atoms with E-state index in [0.717, 1.165) is 11.3 Å². The van der Waals surface area contributed by atoms with E-state index in [2.05, 4.69) is 24.3 Å². The van der Waals surface area contributed by atoms with Crippen LogP contribution in [0.3, 0.4) is 0 Å². The highest BCUT2D eigenvalue weighted by molar-refractivity contribution is 14.0. The molecule has 0 amide bonds. The van der Waals surface area contributed by atoms with Crippen LogP contribution >= 0.6 is 24.0 Å². The normalized spacial score (nSPS) is 12.8. The number of benzene rings is 1. The fraction of sp³-hybridized carbons (Fsp3) is 0.545. The van der Waals surface area contributed by atoms with Crippen LogP contribution in [0.25, 0.3) is 0 Å². The zero-order valence-electron chi connectivity index (χ0n) is 19.5. The van der Waals surface area contributed by atoms with E-state index in [1.54, 1.807) is 19.0 Å². The summed E-state index contributed by atoms with van der Waals surface area (Å²) in [6.07, 6.45) is 2.02. The number of guanidine groups is 1. The number of aryl methyl sites for hydroxylation is 1. The molecule has 0 aliphatic heterocycles. The quantitative estimate of drug-likeness (QED) is 0.306. The molecular formula is C22H35F2IN6. The minimum absolute atomic E-state index is 0. The smallest absolute Gasteiger partial charge is 0.194 e. The molecule has 1 aromatic carbocycles. The topological polar surface area (TPSA) is 48.7 Å². The van der Waals surface area contributed by atoms with E-state index in [0.29, 0.717) is 25.0 Å². The third kappa shape index (κ3) is 7.13. The first-order chi connectivity index (χ1) is 14.1. The number of halogens is 3. The van der Waals surface area contributed by atoms with Gasteiger partial charge >= 0.3 is 0 Å². The van der Waals surface area contributed by atoms with Crippen molar-refractivity contribution in [1.82, 2.24) is 24.9 Å². The fourth-order valence-corrected chi connectivity index (χ4v) is 3.48. The lowest BCUT2D eigenvalue weighted by Crippen LogP contribution is -2.39. The molecule has 1 unspecified atom stereocenters. The van der Waals surface area contributed by atoms with E-state index in [4.69, 9.17) is 4.99 Å². The number of rotatable bonds is 8. The van der Waals surface area contributed by atoms with Crippen molar-refractivity contribution in [2.45, 2.75) is 39.3 Å². The summed E-state index contributed by atoms with van der Waals surface area (Å²) < 4.78 is 30.5. The summed E-state index contributed by atoms with van der Waals surface area (Å²) in [6.45, 7) is 7.78. The minimum atomic E-state index is -0.556. The van der Waals surface area contributed by atoms with Crippen LogP contribution in [0.15, 0.2) is 29.4 Å². The van der Waals surface area contributed by atoms with Crippen molar-refractivity contribution < 1.29 is 8.78 Å². The third-order valence-corrected chi connectivity index (χ3v) is 4.96. The summed E-state index contributed by atoms with van der Waals surface area (Å²) in [5.74, 6) is -0.116. The van der Waals surface area contributed by atoms with E-state index >= 15 is 0 Å². The molecule has 1 heterocycles. The molecule has 1 atom stereocenters. The average molecular weight is 548 g/mol. The van der Waals surface area contributed by atoms with Crippen LogP contribution in [0.5, 0.6) is 0 Å². The molecule has 0 radical (unpaired) electrons. The Balaban J connectivity index is 0.00000480. The number of nitrogens with zero attached hydrogens (tertiary/aromatic N) is 5. The van der Waals surface area contributed by atoms with E-state index in [9.17, 15) is 8.78 Å². The number of aromatic nitrogens is 2. The Hall–Kier alpha value is -1.75. The second-order valence-corrected chi connectivity index (χ2v) is 8.03. The van der Waals surface area contributed by atoms with Gasteiger partial charge in [0, 0.05) is 44.5 Å². The second kappa shape index (κ2) is 12.3. The lowest BCUT2D eigenvalue weighted by Gasteiger charge is -2.26. The molecule has 6 nitrogen and oxygen atoms in total. The largest absolute Gasteiger partial charge is 0.357 e.